The smallest absolute Gasteiger partial charge is 0.264 e. The van der Waals surface area contributed by atoms with Crippen molar-refractivity contribution in [3.05, 3.63) is 90.0 Å². The minimum atomic E-state index is -4.11. The first-order chi connectivity index (χ1) is 19.7. The first-order valence-electron chi connectivity index (χ1n) is 14.1. The van der Waals surface area contributed by atoms with Gasteiger partial charge in [0.25, 0.3) is 10.0 Å². The summed E-state index contributed by atoms with van der Waals surface area (Å²) >= 11 is 0. The zero-order chi connectivity index (χ0) is 29.8. The first-order valence-corrected chi connectivity index (χ1v) is 15.5. The number of aryl methyl sites for hydroxylation is 1. The van der Waals surface area contributed by atoms with Gasteiger partial charge in [0.15, 0.2) is 0 Å². The summed E-state index contributed by atoms with van der Waals surface area (Å²) in [6.07, 6.45) is 2.69. The molecule has 3 aromatic carbocycles. The second kappa shape index (κ2) is 15.2. The number of sulfonamides is 1. The van der Waals surface area contributed by atoms with Gasteiger partial charge in [-0.1, -0.05) is 68.3 Å². The molecule has 9 heteroatoms. The molecule has 0 bridgehead atoms. The number of benzene rings is 3. The Morgan fingerprint density at radius 3 is 2.17 bits per heavy atom. The van der Waals surface area contributed by atoms with Crippen LogP contribution in [0.25, 0.3) is 0 Å². The molecule has 0 spiro atoms. The van der Waals surface area contributed by atoms with Crippen molar-refractivity contribution >= 4 is 27.5 Å². The third-order valence-corrected chi connectivity index (χ3v) is 8.74. The van der Waals surface area contributed by atoms with Crippen molar-refractivity contribution in [3.8, 4) is 5.75 Å². The summed E-state index contributed by atoms with van der Waals surface area (Å²) < 4.78 is 34.2. The van der Waals surface area contributed by atoms with Gasteiger partial charge in [0.1, 0.15) is 18.3 Å². The van der Waals surface area contributed by atoms with Gasteiger partial charge < -0.3 is 15.0 Å². The highest BCUT2D eigenvalue weighted by molar-refractivity contribution is 7.92. The van der Waals surface area contributed by atoms with E-state index in [1.54, 1.807) is 36.4 Å². The third-order valence-electron chi connectivity index (χ3n) is 6.95. The van der Waals surface area contributed by atoms with Gasteiger partial charge in [-0.3, -0.25) is 13.9 Å². The van der Waals surface area contributed by atoms with E-state index in [9.17, 15) is 18.0 Å². The Morgan fingerprint density at radius 2 is 1.59 bits per heavy atom. The van der Waals surface area contributed by atoms with Crippen LogP contribution in [0.2, 0.25) is 0 Å². The van der Waals surface area contributed by atoms with Crippen LogP contribution < -0.4 is 14.4 Å². The van der Waals surface area contributed by atoms with Gasteiger partial charge in [-0.05, 0) is 68.1 Å². The Labute approximate surface area is 244 Å². The molecule has 3 aromatic rings. The molecule has 2 amide bonds. The van der Waals surface area contributed by atoms with Crippen molar-refractivity contribution in [3.63, 3.8) is 0 Å². The van der Waals surface area contributed by atoms with E-state index < -0.39 is 28.5 Å². The number of anilines is 1. The number of rotatable bonds is 15. The largest absolute Gasteiger partial charge is 0.497 e. The Balaban J connectivity index is 1.98. The summed E-state index contributed by atoms with van der Waals surface area (Å²) in [7, 11) is -2.58. The lowest BCUT2D eigenvalue weighted by atomic mass is 10.1. The predicted molar refractivity (Wildman–Crippen MR) is 163 cm³/mol. The Bertz CT molecular complexity index is 1360. The zero-order valence-corrected chi connectivity index (χ0v) is 25.2. The number of unbranched alkanes of at least 4 members (excludes halogenated alkanes) is 1. The second-order valence-corrected chi connectivity index (χ2v) is 11.8. The van der Waals surface area contributed by atoms with Gasteiger partial charge in [0.05, 0.1) is 17.7 Å². The van der Waals surface area contributed by atoms with E-state index in [0.29, 0.717) is 30.8 Å². The van der Waals surface area contributed by atoms with Gasteiger partial charge in [-0.2, -0.15) is 0 Å². The van der Waals surface area contributed by atoms with Crippen LogP contribution in [-0.4, -0.2) is 57.9 Å². The number of nitrogens with one attached hydrogen (secondary N) is 1. The molecule has 1 N–H and O–H groups in total. The van der Waals surface area contributed by atoms with Crippen molar-refractivity contribution in [1.29, 1.82) is 0 Å². The summed E-state index contributed by atoms with van der Waals surface area (Å²) in [6, 6.07) is 22.0. The van der Waals surface area contributed by atoms with Crippen molar-refractivity contribution in [1.82, 2.24) is 10.2 Å². The molecule has 0 unspecified atom stereocenters. The van der Waals surface area contributed by atoms with Crippen LogP contribution in [0.5, 0.6) is 5.75 Å². The van der Waals surface area contributed by atoms with E-state index in [1.807, 2.05) is 51.1 Å². The number of carbonyl (C=O) groups excluding carboxylic acids is 2. The lowest BCUT2D eigenvalue weighted by Gasteiger charge is -2.33. The van der Waals surface area contributed by atoms with Crippen LogP contribution >= 0.6 is 0 Å². The maximum absolute atomic E-state index is 14.1. The molecule has 0 saturated heterocycles. The van der Waals surface area contributed by atoms with Crippen LogP contribution in [0.3, 0.4) is 0 Å². The molecule has 220 valence electrons. The third kappa shape index (κ3) is 8.57. The average Bonchev–Trinajstić information content (AvgIpc) is 2.98. The lowest BCUT2D eigenvalue weighted by Crippen LogP contribution is -2.53. The molecule has 0 fully saturated rings. The van der Waals surface area contributed by atoms with Crippen LogP contribution in [0.4, 0.5) is 5.69 Å². The molecule has 0 aliphatic carbocycles. The number of methoxy groups -OCH3 is 1. The van der Waals surface area contributed by atoms with Crippen LogP contribution in [0, 0.1) is 6.92 Å². The fourth-order valence-electron chi connectivity index (χ4n) is 4.52. The summed E-state index contributed by atoms with van der Waals surface area (Å²) in [5.41, 5.74) is 2.26. The maximum Gasteiger partial charge on any atom is 0.264 e. The molecule has 41 heavy (non-hydrogen) atoms. The fourth-order valence-corrected chi connectivity index (χ4v) is 5.93. The summed E-state index contributed by atoms with van der Waals surface area (Å²) in [6.45, 7) is 6.10. The molecule has 1 atom stereocenters. The normalized spacial score (nSPS) is 11.9. The zero-order valence-electron chi connectivity index (χ0n) is 24.4. The standard InChI is InChI=1S/C32H41N3O5S/c1-5-7-22-33-32(37)30(6-2)34(23-21-26-11-9-8-10-12-26)31(36)24-35(27-15-17-28(40-4)18-16-27)41(38,39)29-19-13-25(3)14-20-29/h8-20,30H,5-7,21-24H2,1-4H3,(H,33,37)/t30-/m0/s1. The molecular weight excluding hydrogens is 538 g/mol. The summed E-state index contributed by atoms with van der Waals surface area (Å²) in [5.74, 6) is -0.128. The fraction of sp³-hybridized carbons (Fsp3) is 0.375. The molecule has 0 radical (unpaired) electrons. The first kappa shape index (κ1) is 31.7. The summed E-state index contributed by atoms with van der Waals surface area (Å²) in [5, 5.41) is 2.95. The Hall–Kier alpha value is -3.85. The van der Waals surface area contributed by atoms with Crippen molar-refractivity contribution < 1.29 is 22.7 Å². The average molecular weight is 580 g/mol. The molecular formula is C32H41N3O5S. The van der Waals surface area contributed by atoms with E-state index in [4.69, 9.17) is 4.74 Å². The SMILES string of the molecule is CCCCNC(=O)[C@H](CC)N(CCc1ccccc1)C(=O)CN(c1ccc(OC)cc1)S(=O)(=O)c1ccc(C)cc1. The second-order valence-electron chi connectivity index (χ2n) is 9.91. The van der Waals surface area contributed by atoms with Crippen molar-refractivity contribution in [2.75, 3.05) is 31.0 Å². The van der Waals surface area contributed by atoms with E-state index in [0.717, 1.165) is 28.3 Å². The van der Waals surface area contributed by atoms with Gasteiger partial charge in [0, 0.05) is 13.1 Å². The van der Waals surface area contributed by atoms with Gasteiger partial charge in [-0.15, -0.1) is 0 Å². The number of hydrogen-bond acceptors (Lipinski definition) is 5. The van der Waals surface area contributed by atoms with Crippen LogP contribution in [0.1, 0.15) is 44.2 Å². The van der Waals surface area contributed by atoms with Gasteiger partial charge >= 0.3 is 0 Å². The maximum atomic E-state index is 14.1. The molecule has 0 aromatic heterocycles. The van der Waals surface area contributed by atoms with E-state index in [1.165, 1.54) is 24.1 Å². The predicted octanol–water partition coefficient (Wildman–Crippen LogP) is 4.97. The van der Waals surface area contributed by atoms with Crippen LogP contribution in [0.15, 0.2) is 83.8 Å². The van der Waals surface area contributed by atoms with E-state index in [2.05, 4.69) is 5.32 Å². The van der Waals surface area contributed by atoms with Crippen molar-refractivity contribution in [2.24, 2.45) is 0 Å². The number of carbonyl (C=O) groups is 2. The topological polar surface area (TPSA) is 96.0 Å². The minimum Gasteiger partial charge on any atom is -0.497 e. The molecule has 8 nitrogen and oxygen atoms in total. The lowest BCUT2D eigenvalue weighted by molar-refractivity contribution is -0.139. The number of amides is 2. The molecule has 0 heterocycles. The van der Waals surface area contributed by atoms with E-state index in [-0.39, 0.29) is 17.3 Å². The Kier molecular flexibility index (Phi) is 11.8. The number of ether oxygens (including phenoxy) is 1. The molecule has 0 saturated carbocycles. The highest BCUT2D eigenvalue weighted by Crippen LogP contribution is 2.26. The van der Waals surface area contributed by atoms with Gasteiger partial charge in [-0.25, -0.2) is 8.42 Å². The van der Waals surface area contributed by atoms with Crippen LogP contribution in [-0.2, 0) is 26.0 Å². The monoisotopic (exact) mass is 579 g/mol. The molecule has 3 rings (SSSR count). The minimum absolute atomic E-state index is 0.0758. The van der Waals surface area contributed by atoms with Gasteiger partial charge in [0.2, 0.25) is 11.8 Å². The summed E-state index contributed by atoms with van der Waals surface area (Å²) in [4.78, 5) is 28.9. The highest BCUT2D eigenvalue weighted by Gasteiger charge is 2.33. The number of nitrogens with zero attached hydrogens (tertiary/aromatic N) is 2. The quantitative estimate of drug-likeness (QED) is 0.257. The number of hydrogen-bond donors (Lipinski definition) is 1. The highest BCUT2D eigenvalue weighted by atomic mass is 32.2. The van der Waals surface area contributed by atoms with Crippen molar-refractivity contribution in [2.45, 2.75) is 57.4 Å². The van der Waals surface area contributed by atoms with E-state index >= 15 is 0 Å². The molecule has 0 aliphatic heterocycles. The molecule has 0 aliphatic rings. The Morgan fingerprint density at radius 1 is 0.927 bits per heavy atom.